The van der Waals surface area contributed by atoms with Crippen LogP contribution in [0.1, 0.15) is 10.4 Å². The fraction of sp³-hybridized carbons (Fsp3) is 0.130. The lowest BCUT2D eigenvalue weighted by Crippen LogP contribution is -2.41. The van der Waals surface area contributed by atoms with Crippen molar-refractivity contribution in [3.63, 3.8) is 0 Å². The molecule has 12 heteroatoms. The highest BCUT2D eigenvalue weighted by molar-refractivity contribution is 6.06. The normalized spacial score (nSPS) is 12.3. The summed E-state index contributed by atoms with van der Waals surface area (Å²) in [5.41, 5.74) is -0.767. The first-order chi connectivity index (χ1) is 16.8. The lowest BCUT2D eigenvalue weighted by molar-refractivity contribution is -0.394. The first-order valence-electron chi connectivity index (χ1n) is 10.3. The molecule has 0 spiro atoms. The molecule has 0 fully saturated rings. The Labute approximate surface area is 198 Å². The van der Waals surface area contributed by atoms with Gasteiger partial charge in [0.15, 0.2) is 6.61 Å². The van der Waals surface area contributed by atoms with Crippen LogP contribution >= 0.6 is 0 Å². The van der Waals surface area contributed by atoms with E-state index in [0.29, 0.717) is 17.2 Å². The molecule has 3 aromatic rings. The van der Waals surface area contributed by atoms with Crippen LogP contribution in [-0.4, -0.2) is 41.4 Å². The molecule has 3 aromatic carbocycles. The van der Waals surface area contributed by atoms with Gasteiger partial charge in [0, 0.05) is 17.8 Å². The van der Waals surface area contributed by atoms with E-state index in [-0.39, 0.29) is 36.9 Å². The summed E-state index contributed by atoms with van der Waals surface area (Å²) in [7, 11) is 0. The lowest BCUT2D eigenvalue weighted by atomic mass is 10.1. The maximum absolute atomic E-state index is 12.7. The van der Waals surface area contributed by atoms with Crippen molar-refractivity contribution in [2.75, 3.05) is 30.0 Å². The van der Waals surface area contributed by atoms with E-state index in [1.165, 1.54) is 17.0 Å². The number of amides is 2. The van der Waals surface area contributed by atoms with Crippen LogP contribution in [-0.2, 0) is 4.79 Å². The largest absolute Gasteiger partial charge is 0.492 e. The summed E-state index contributed by atoms with van der Waals surface area (Å²) >= 11 is 0. The highest BCUT2D eigenvalue weighted by Gasteiger charge is 2.26. The molecule has 0 atom stereocenters. The van der Waals surface area contributed by atoms with Gasteiger partial charge in [-0.2, -0.15) is 0 Å². The molecule has 1 N–H and O–H groups in total. The van der Waals surface area contributed by atoms with E-state index in [1.807, 2.05) is 18.2 Å². The van der Waals surface area contributed by atoms with Crippen LogP contribution in [0.5, 0.6) is 11.5 Å². The Morgan fingerprint density at radius 2 is 1.69 bits per heavy atom. The van der Waals surface area contributed by atoms with Crippen molar-refractivity contribution in [2.45, 2.75) is 0 Å². The molecule has 0 aliphatic carbocycles. The number of para-hydroxylation sites is 1. The molecule has 35 heavy (non-hydrogen) atoms. The van der Waals surface area contributed by atoms with Crippen LogP contribution in [0.25, 0.3) is 0 Å². The number of anilines is 2. The zero-order chi connectivity index (χ0) is 24.9. The van der Waals surface area contributed by atoms with Gasteiger partial charge in [-0.3, -0.25) is 29.8 Å². The average molecular weight is 478 g/mol. The van der Waals surface area contributed by atoms with Gasteiger partial charge in [0.2, 0.25) is 0 Å². The second kappa shape index (κ2) is 9.87. The van der Waals surface area contributed by atoms with Crippen molar-refractivity contribution in [3.05, 3.63) is 92.5 Å². The number of carbonyl (C=O) groups is 2. The Balaban J connectivity index is 1.53. The molecular weight excluding hydrogens is 460 g/mol. The molecule has 0 saturated carbocycles. The molecule has 0 bridgehead atoms. The number of nitrogens with one attached hydrogen (secondary N) is 1. The van der Waals surface area contributed by atoms with Gasteiger partial charge in [-0.1, -0.05) is 18.2 Å². The van der Waals surface area contributed by atoms with Gasteiger partial charge in [0.05, 0.1) is 33.7 Å². The van der Waals surface area contributed by atoms with Crippen LogP contribution in [0.4, 0.5) is 22.7 Å². The van der Waals surface area contributed by atoms with E-state index in [4.69, 9.17) is 9.47 Å². The minimum atomic E-state index is -0.818. The third kappa shape index (κ3) is 5.33. The second-order valence-corrected chi connectivity index (χ2v) is 7.38. The number of hydrogen-bond acceptors (Lipinski definition) is 8. The standard InChI is InChI=1S/C23H18N4O8/c28-22-14-35-21-7-6-16(12-20(21)25(22)8-9-34-19-4-2-1-3-5-19)24-23(29)15-10-17(26(30)31)13-18(11-15)27(32)33/h1-7,10-13H,8-9,14H2,(H,24,29). The Morgan fingerprint density at radius 1 is 1.00 bits per heavy atom. The summed E-state index contributed by atoms with van der Waals surface area (Å²) in [5.74, 6) is -0.0143. The minimum absolute atomic E-state index is 0.151. The Morgan fingerprint density at radius 3 is 2.34 bits per heavy atom. The number of carbonyl (C=O) groups excluding carboxylic acids is 2. The van der Waals surface area contributed by atoms with E-state index in [2.05, 4.69) is 5.32 Å². The van der Waals surface area contributed by atoms with Gasteiger partial charge < -0.3 is 19.7 Å². The van der Waals surface area contributed by atoms with Crippen molar-refractivity contribution >= 4 is 34.6 Å². The van der Waals surface area contributed by atoms with Crippen LogP contribution in [0, 0.1) is 20.2 Å². The molecule has 0 radical (unpaired) electrons. The van der Waals surface area contributed by atoms with Crippen LogP contribution < -0.4 is 19.7 Å². The number of ether oxygens (including phenoxy) is 2. The van der Waals surface area contributed by atoms with Crippen molar-refractivity contribution in [3.8, 4) is 11.5 Å². The minimum Gasteiger partial charge on any atom is -0.492 e. The second-order valence-electron chi connectivity index (χ2n) is 7.38. The van der Waals surface area contributed by atoms with Gasteiger partial charge >= 0.3 is 0 Å². The predicted octanol–water partition coefficient (Wildman–Crippen LogP) is 3.56. The Bertz CT molecular complexity index is 1280. The van der Waals surface area contributed by atoms with E-state index in [9.17, 15) is 29.8 Å². The summed E-state index contributed by atoms with van der Waals surface area (Å²) in [6.45, 7) is 0.281. The highest BCUT2D eigenvalue weighted by Crippen LogP contribution is 2.35. The smallest absolute Gasteiger partial charge is 0.277 e. The van der Waals surface area contributed by atoms with Crippen LogP contribution in [0.3, 0.4) is 0 Å². The van der Waals surface area contributed by atoms with Crippen molar-refractivity contribution in [1.29, 1.82) is 0 Å². The van der Waals surface area contributed by atoms with E-state index in [0.717, 1.165) is 18.2 Å². The molecule has 1 aliphatic heterocycles. The van der Waals surface area contributed by atoms with Crippen LogP contribution in [0.15, 0.2) is 66.7 Å². The Hall–Kier alpha value is -5.00. The first kappa shape index (κ1) is 23.2. The lowest BCUT2D eigenvalue weighted by Gasteiger charge is -2.29. The van der Waals surface area contributed by atoms with Gasteiger partial charge in [-0.05, 0) is 30.3 Å². The molecule has 0 saturated heterocycles. The average Bonchev–Trinajstić information content (AvgIpc) is 2.85. The molecule has 0 unspecified atom stereocenters. The molecule has 178 valence electrons. The summed E-state index contributed by atoms with van der Waals surface area (Å²) in [6, 6.07) is 16.4. The molecule has 2 amide bonds. The van der Waals surface area contributed by atoms with Gasteiger partial charge in [0.1, 0.15) is 18.1 Å². The third-order valence-corrected chi connectivity index (χ3v) is 5.07. The summed E-state index contributed by atoms with van der Waals surface area (Å²) in [5, 5.41) is 24.8. The zero-order valence-electron chi connectivity index (χ0n) is 18.1. The van der Waals surface area contributed by atoms with Gasteiger partial charge in [0.25, 0.3) is 23.2 Å². The monoisotopic (exact) mass is 478 g/mol. The third-order valence-electron chi connectivity index (χ3n) is 5.07. The number of nitro benzene ring substituents is 2. The maximum Gasteiger partial charge on any atom is 0.277 e. The molecular formula is C23H18N4O8. The van der Waals surface area contributed by atoms with Crippen molar-refractivity contribution in [1.82, 2.24) is 0 Å². The van der Waals surface area contributed by atoms with Gasteiger partial charge in [-0.15, -0.1) is 0 Å². The van der Waals surface area contributed by atoms with Crippen molar-refractivity contribution < 1.29 is 28.9 Å². The predicted molar refractivity (Wildman–Crippen MR) is 124 cm³/mol. The number of hydrogen-bond donors (Lipinski definition) is 1. The van der Waals surface area contributed by atoms with Crippen LogP contribution in [0.2, 0.25) is 0 Å². The number of rotatable bonds is 8. The fourth-order valence-corrected chi connectivity index (χ4v) is 3.44. The molecule has 1 heterocycles. The summed E-state index contributed by atoms with van der Waals surface area (Å²) < 4.78 is 11.1. The molecule has 12 nitrogen and oxygen atoms in total. The van der Waals surface area contributed by atoms with Gasteiger partial charge in [-0.25, -0.2) is 0 Å². The molecule has 0 aromatic heterocycles. The zero-order valence-corrected chi connectivity index (χ0v) is 18.1. The molecule has 4 rings (SSSR count). The topological polar surface area (TPSA) is 154 Å². The summed E-state index contributed by atoms with van der Waals surface area (Å²) in [6.07, 6.45) is 0. The fourth-order valence-electron chi connectivity index (χ4n) is 3.44. The SMILES string of the molecule is O=C(Nc1ccc2c(c1)N(CCOc1ccccc1)C(=O)CO2)c1cc([N+](=O)[O-])cc([N+](=O)[O-])c1. The number of nitro groups is 2. The van der Waals surface area contributed by atoms with Crippen molar-refractivity contribution in [2.24, 2.45) is 0 Å². The quantitative estimate of drug-likeness (QED) is 0.381. The van der Waals surface area contributed by atoms with E-state index >= 15 is 0 Å². The first-order valence-corrected chi connectivity index (χ1v) is 10.3. The Kier molecular flexibility index (Phi) is 6.53. The molecule has 1 aliphatic rings. The van der Waals surface area contributed by atoms with E-state index < -0.39 is 27.1 Å². The number of fused-ring (bicyclic) bond motifs is 1. The number of nitrogens with zero attached hydrogens (tertiary/aromatic N) is 3. The summed E-state index contributed by atoms with van der Waals surface area (Å²) in [4.78, 5) is 47.2. The number of non-ortho nitro benzene ring substituents is 2. The number of benzene rings is 3. The maximum atomic E-state index is 12.7. The van der Waals surface area contributed by atoms with E-state index in [1.54, 1.807) is 18.2 Å². The highest BCUT2D eigenvalue weighted by atomic mass is 16.6.